The number of hydrogen-bond donors (Lipinski definition) is 0. The van der Waals surface area contributed by atoms with Crippen molar-refractivity contribution in [2.45, 2.75) is 98.8 Å². The van der Waals surface area contributed by atoms with Crippen LogP contribution in [0.1, 0.15) is 75.2 Å². The fourth-order valence-electron chi connectivity index (χ4n) is 4.04. The number of hydrogen-bond acceptors (Lipinski definition) is 4. The van der Waals surface area contributed by atoms with Crippen molar-refractivity contribution < 1.29 is 18.3 Å². The third-order valence-electron chi connectivity index (χ3n) is 5.67. The zero-order valence-corrected chi connectivity index (χ0v) is 21.3. The molecular weight excluding hydrogens is 412 g/mol. The predicted octanol–water partition coefficient (Wildman–Crippen LogP) is 6.58. The molecular formula is C25H41F2N3O2. The van der Waals surface area contributed by atoms with Gasteiger partial charge in [0.15, 0.2) is 0 Å². The van der Waals surface area contributed by atoms with E-state index in [0.29, 0.717) is 30.8 Å². The summed E-state index contributed by atoms with van der Waals surface area (Å²) in [6.07, 6.45) is 2.73. The van der Waals surface area contributed by atoms with Crippen LogP contribution >= 0.6 is 0 Å². The van der Waals surface area contributed by atoms with Gasteiger partial charge in [-0.1, -0.05) is 26.5 Å². The van der Waals surface area contributed by atoms with Gasteiger partial charge in [-0.15, -0.1) is 0 Å². The maximum absolute atomic E-state index is 15.0. The van der Waals surface area contributed by atoms with Crippen LogP contribution < -0.4 is 0 Å². The molecule has 0 aromatic carbocycles. The highest BCUT2D eigenvalue weighted by molar-refractivity contribution is 6.05. The van der Waals surface area contributed by atoms with Crippen LogP contribution in [0.25, 0.3) is 0 Å². The Morgan fingerprint density at radius 3 is 2.12 bits per heavy atom. The molecule has 0 aromatic heterocycles. The van der Waals surface area contributed by atoms with Gasteiger partial charge in [0, 0.05) is 60.3 Å². The molecule has 1 amide bonds. The Balaban J connectivity index is 3.47. The van der Waals surface area contributed by atoms with Gasteiger partial charge in [0.25, 0.3) is 5.92 Å². The highest BCUT2D eigenvalue weighted by Crippen LogP contribution is 2.37. The highest BCUT2D eigenvalue weighted by Gasteiger charge is 2.39. The highest BCUT2D eigenvalue weighted by atomic mass is 19.3. The van der Waals surface area contributed by atoms with Crippen molar-refractivity contribution >= 4 is 11.8 Å². The maximum Gasteiger partial charge on any atom is 0.410 e. The van der Waals surface area contributed by atoms with E-state index in [1.54, 1.807) is 11.8 Å². The molecule has 1 aliphatic heterocycles. The Morgan fingerprint density at radius 2 is 1.69 bits per heavy atom. The number of ether oxygens (including phenoxy) is 1. The molecule has 0 spiro atoms. The van der Waals surface area contributed by atoms with E-state index in [1.165, 1.54) is 19.2 Å². The lowest BCUT2D eigenvalue weighted by Gasteiger charge is -2.46. The van der Waals surface area contributed by atoms with Gasteiger partial charge in [0.1, 0.15) is 5.60 Å². The van der Waals surface area contributed by atoms with Crippen LogP contribution in [0.3, 0.4) is 0 Å². The van der Waals surface area contributed by atoms with E-state index in [9.17, 15) is 13.6 Å². The van der Waals surface area contributed by atoms with Gasteiger partial charge in [0.2, 0.25) is 0 Å². The molecule has 1 heterocycles. The fraction of sp³-hybridized carbons (Fsp3) is 0.680. The van der Waals surface area contributed by atoms with Gasteiger partial charge in [-0.05, 0) is 54.9 Å². The molecule has 0 bridgehead atoms. The van der Waals surface area contributed by atoms with Crippen LogP contribution in [0, 0.1) is 0 Å². The smallest absolute Gasteiger partial charge is 0.410 e. The second-order valence-electron chi connectivity index (χ2n) is 9.32. The molecule has 0 saturated carbocycles. The van der Waals surface area contributed by atoms with Gasteiger partial charge >= 0.3 is 6.09 Å². The minimum atomic E-state index is -2.98. The molecule has 1 aliphatic rings. The Labute approximate surface area is 192 Å². The number of carbonyl (C=O) groups is 1. The molecule has 0 unspecified atom stereocenters. The number of aliphatic imine (C=N–C) groups is 1. The van der Waals surface area contributed by atoms with Crippen molar-refractivity contribution in [1.82, 2.24) is 9.80 Å². The molecule has 0 aromatic rings. The third kappa shape index (κ3) is 6.66. The summed E-state index contributed by atoms with van der Waals surface area (Å²) >= 11 is 0. The zero-order valence-electron chi connectivity index (χ0n) is 21.3. The van der Waals surface area contributed by atoms with Gasteiger partial charge < -0.3 is 14.5 Å². The standard InChI is InChI=1S/C25H41F2N3O2/c1-11-20(25(26,27)13-3)22(21(12-2)28-14-4)19(7)29-15-18(6)30(16-17(29)5)23(31)32-24(8,9)10/h11,14,17-18H,4,12-13,15-16H2,1-3,5-10H3/b20-11+,22-19+,28-21?/t17-,18+/m0/s1. The number of halogens is 2. The van der Waals surface area contributed by atoms with Gasteiger partial charge in [-0.2, -0.15) is 0 Å². The third-order valence-corrected chi connectivity index (χ3v) is 5.67. The topological polar surface area (TPSA) is 45.1 Å². The first kappa shape index (κ1) is 27.9. The molecule has 0 radical (unpaired) electrons. The average Bonchev–Trinajstić information content (AvgIpc) is 2.69. The Morgan fingerprint density at radius 1 is 1.16 bits per heavy atom. The molecule has 2 atom stereocenters. The summed E-state index contributed by atoms with van der Waals surface area (Å²) in [5, 5.41) is 0. The fourth-order valence-corrected chi connectivity index (χ4v) is 4.04. The number of allylic oxidation sites excluding steroid dienone is 4. The van der Waals surface area contributed by atoms with E-state index < -0.39 is 11.5 Å². The molecule has 5 nitrogen and oxygen atoms in total. The van der Waals surface area contributed by atoms with Crippen molar-refractivity contribution in [3.63, 3.8) is 0 Å². The number of nitrogens with zero attached hydrogens (tertiary/aromatic N) is 3. The van der Waals surface area contributed by atoms with E-state index in [2.05, 4.69) is 16.5 Å². The number of carbonyl (C=O) groups excluding carboxylic acids is 1. The van der Waals surface area contributed by atoms with E-state index >= 15 is 0 Å². The van der Waals surface area contributed by atoms with Crippen molar-refractivity contribution in [3.8, 4) is 0 Å². The lowest BCUT2D eigenvalue weighted by atomic mass is 9.90. The number of piperazine rings is 1. The van der Waals surface area contributed by atoms with E-state index in [-0.39, 0.29) is 30.2 Å². The van der Waals surface area contributed by atoms with Gasteiger partial charge in [-0.3, -0.25) is 4.99 Å². The molecule has 182 valence electrons. The average molecular weight is 454 g/mol. The second-order valence-corrected chi connectivity index (χ2v) is 9.32. The van der Waals surface area contributed by atoms with Crippen molar-refractivity contribution in [3.05, 3.63) is 35.7 Å². The summed E-state index contributed by atoms with van der Waals surface area (Å²) in [6, 6.07) is -0.219. The van der Waals surface area contributed by atoms with Crippen LogP contribution in [-0.4, -0.2) is 58.3 Å². The molecule has 1 saturated heterocycles. The Hall–Kier alpha value is -2.18. The van der Waals surface area contributed by atoms with Gasteiger partial charge in [0.05, 0.1) is 0 Å². The SMILES string of the molecule is C=CN=C(CC)C(/C(=C\C)C(F)(F)CC)=C(\C)N1C[C@@H](C)N(C(=O)OC(C)(C)C)C[C@@H]1C. The second kappa shape index (κ2) is 11.1. The van der Waals surface area contributed by atoms with E-state index in [4.69, 9.17) is 4.74 Å². The first-order valence-electron chi connectivity index (χ1n) is 11.4. The normalized spacial score (nSPS) is 22.0. The van der Waals surface area contributed by atoms with Crippen molar-refractivity contribution in [2.75, 3.05) is 13.1 Å². The summed E-state index contributed by atoms with van der Waals surface area (Å²) in [5.41, 5.74) is 1.18. The largest absolute Gasteiger partial charge is 0.444 e. The maximum atomic E-state index is 15.0. The Bertz CT molecular complexity index is 779. The van der Waals surface area contributed by atoms with Crippen molar-refractivity contribution in [2.24, 2.45) is 4.99 Å². The molecule has 0 aliphatic carbocycles. The molecule has 1 rings (SSSR count). The van der Waals surface area contributed by atoms with Crippen molar-refractivity contribution in [1.29, 1.82) is 0 Å². The first-order valence-corrected chi connectivity index (χ1v) is 11.4. The lowest BCUT2D eigenvalue weighted by Crippen LogP contribution is -2.58. The quantitative estimate of drug-likeness (QED) is 0.323. The number of alkyl halides is 2. The zero-order chi connectivity index (χ0) is 24.9. The summed E-state index contributed by atoms with van der Waals surface area (Å²) < 4.78 is 35.5. The lowest BCUT2D eigenvalue weighted by molar-refractivity contribution is -0.00430. The molecule has 7 heteroatoms. The minimum Gasteiger partial charge on any atom is -0.444 e. The Kier molecular flexibility index (Phi) is 9.66. The predicted molar refractivity (Wildman–Crippen MR) is 128 cm³/mol. The van der Waals surface area contributed by atoms with Crippen LogP contribution in [-0.2, 0) is 4.74 Å². The molecule has 32 heavy (non-hydrogen) atoms. The van der Waals surface area contributed by atoms with Crippen LogP contribution in [0.4, 0.5) is 13.6 Å². The number of rotatable bonds is 7. The monoisotopic (exact) mass is 453 g/mol. The summed E-state index contributed by atoms with van der Waals surface area (Å²) in [6.45, 7) is 21.0. The van der Waals surface area contributed by atoms with Crippen LogP contribution in [0.15, 0.2) is 40.7 Å². The summed E-state index contributed by atoms with van der Waals surface area (Å²) in [7, 11) is 0. The van der Waals surface area contributed by atoms with Gasteiger partial charge in [-0.25, -0.2) is 13.6 Å². The molecule has 1 fully saturated rings. The van der Waals surface area contributed by atoms with Crippen LogP contribution in [0.2, 0.25) is 0 Å². The summed E-state index contributed by atoms with van der Waals surface area (Å²) in [4.78, 5) is 20.8. The van der Waals surface area contributed by atoms with E-state index in [1.807, 2.05) is 48.5 Å². The number of amides is 1. The molecule has 0 N–H and O–H groups in total. The minimum absolute atomic E-state index is 0.0191. The van der Waals surface area contributed by atoms with E-state index in [0.717, 1.165) is 5.70 Å². The first-order chi connectivity index (χ1) is 14.7. The van der Waals surface area contributed by atoms with Crippen LogP contribution in [0.5, 0.6) is 0 Å². The summed E-state index contributed by atoms with van der Waals surface area (Å²) in [5.74, 6) is -2.98.